The Labute approximate surface area is 140 Å². The lowest BCUT2D eigenvalue weighted by molar-refractivity contribution is 0.00818. The van der Waals surface area contributed by atoms with Crippen LogP contribution in [0.25, 0.3) is 0 Å². The Morgan fingerprint density at radius 2 is 2.35 bits per heavy atom. The zero-order valence-electron chi connectivity index (χ0n) is 13.2. The maximum absolute atomic E-state index is 10.2. The molecule has 2 aliphatic rings. The summed E-state index contributed by atoms with van der Waals surface area (Å²) in [6.45, 7) is 3.47. The highest BCUT2D eigenvalue weighted by Gasteiger charge is 2.29. The molecular weight excluding hydrogens is 310 g/mol. The van der Waals surface area contributed by atoms with E-state index >= 15 is 0 Å². The molecule has 0 aromatic carbocycles. The minimum atomic E-state index is -0.443. The van der Waals surface area contributed by atoms with Gasteiger partial charge >= 0.3 is 0 Å². The van der Waals surface area contributed by atoms with Crippen LogP contribution in [0.1, 0.15) is 35.1 Å². The molecule has 1 saturated carbocycles. The van der Waals surface area contributed by atoms with E-state index in [0.717, 1.165) is 19.5 Å². The summed E-state index contributed by atoms with van der Waals surface area (Å²) in [6, 6.07) is 4.78. The van der Waals surface area contributed by atoms with Gasteiger partial charge in [-0.3, -0.25) is 4.90 Å². The van der Waals surface area contributed by atoms with Crippen molar-refractivity contribution in [1.82, 2.24) is 14.5 Å². The van der Waals surface area contributed by atoms with Crippen molar-refractivity contribution in [3.63, 3.8) is 0 Å². The fourth-order valence-electron chi connectivity index (χ4n) is 3.25. The molecule has 124 valence electrons. The monoisotopic (exact) mass is 333 g/mol. The van der Waals surface area contributed by atoms with Gasteiger partial charge in [0, 0.05) is 42.7 Å². The van der Waals surface area contributed by atoms with E-state index in [1.807, 2.05) is 17.8 Å². The number of rotatable bonds is 7. The van der Waals surface area contributed by atoms with E-state index in [9.17, 15) is 5.11 Å². The van der Waals surface area contributed by atoms with E-state index in [1.54, 1.807) is 11.3 Å². The summed E-state index contributed by atoms with van der Waals surface area (Å²) in [5.41, 5.74) is 2.60. The lowest BCUT2D eigenvalue weighted by Crippen LogP contribution is -2.38. The Hall–Kier alpha value is -1.21. The summed E-state index contributed by atoms with van der Waals surface area (Å²) in [6.07, 6.45) is 5.20. The van der Waals surface area contributed by atoms with Crippen molar-refractivity contribution in [2.75, 3.05) is 19.7 Å². The molecule has 3 heterocycles. The van der Waals surface area contributed by atoms with Crippen molar-refractivity contribution >= 4 is 11.3 Å². The highest BCUT2D eigenvalue weighted by atomic mass is 32.1. The summed E-state index contributed by atoms with van der Waals surface area (Å²) in [4.78, 5) is 8.06. The van der Waals surface area contributed by atoms with Crippen LogP contribution >= 0.6 is 11.3 Å². The van der Waals surface area contributed by atoms with Crippen LogP contribution in [-0.2, 0) is 24.3 Å². The predicted molar refractivity (Wildman–Crippen MR) is 89.5 cm³/mol. The Morgan fingerprint density at radius 3 is 3.13 bits per heavy atom. The fourth-order valence-corrected chi connectivity index (χ4v) is 3.89. The van der Waals surface area contributed by atoms with Gasteiger partial charge in [-0.2, -0.15) is 0 Å². The van der Waals surface area contributed by atoms with Crippen LogP contribution in [0.3, 0.4) is 0 Å². The molecule has 1 aliphatic heterocycles. The second kappa shape index (κ2) is 6.73. The lowest BCUT2D eigenvalue weighted by Gasteiger charge is -2.28. The average Bonchev–Trinajstić information content (AvgIpc) is 3.09. The van der Waals surface area contributed by atoms with Crippen molar-refractivity contribution in [2.45, 2.75) is 44.6 Å². The van der Waals surface area contributed by atoms with E-state index in [4.69, 9.17) is 4.74 Å². The number of imidazole rings is 1. The molecule has 1 atom stereocenters. The molecule has 2 aromatic rings. The van der Waals surface area contributed by atoms with Crippen molar-refractivity contribution in [2.24, 2.45) is 0 Å². The number of nitrogens with zero attached hydrogens (tertiary/aromatic N) is 3. The number of ether oxygens (including phenoxy) is 1. The molecule has 1 unspecified atom stereocenters. The maximum Gasteiger partial charge on any atom is 0.0954 e. The van der Waals surface area contributed by atoms with Crippen LogP contribution in [-0.4, -0.2) is 45.4 Å². The minimum Gasteiger partial charge on any atom is -0.389 e. The van der Waals surface area contributed by atoms with Crippen molar-refractivity contribution < 1.29 is 9.84 Å². The van der Waals surface area contributed by atoms with Gasteiger partial charge in [0.15, 0.2) is 0 Å². The van der Waals surface area contributed by atoms with Crippen LogP contribution in [0, 0.1) is 0 Å². The van der Waals surface area contributed by atoms with Gasteiger partial charge in [-0.25, -0.2) is 4.98 Å². The van der Waals surface area contributed by atoms with Gasteiger partial charge in [-0.15, -0.1) is 11.3 Å². The third-order valence-electron chi connectivity index (χ3n) is 4.56. The number of hydrogen-bond acceptors (Lipinski definition) is 5. The summed E-state index contributed by atoms with van der Waals surface area (Å²) < 4.78 is 7.98. The van der Waals surface area contributed by atoms with Gasteiger partial charge in [0.05, 0.1) is 31.3 Å². The molecule has 1 fully saturated rings. The molecule has 1 N–H and O–H groups in total. The van der Waals surface area contributed by atoms with Crippen molar-refractivity contribution in [1.29, 1.82) is 0 Å². The largest absolute Gasteiger partial charge is 0.389 e. The topological polar surface area (TPSA) is 50.5 Å². The summed E-state index contributed by atoms with van der Waals surface area (Å²) in [5.74, 6) is 0. The zero-order chi connectivity index (χ0) is 15.6. The first kappa shape index (κ1) is 15.3. The van der Waals surface area contributed by atoms with Crippen LogP contribution in [0.4, 0.5) is 0 Å². The number of aromatic nitrogens is 2. The molecule has 0 radical (unpaired) electrons. The van der Waals surface area contributed by atoms with Gasteiger partial charge < -0.3 is 14.4 Å². The summed E-state index contributed by atoms with van der Waals surface area (Å²) in [5, 5.41) is 12.2. The third kappa shape index (κ3) is 3.66. The molecular formula is C17H23N3O2S. The fraction of sp³-hybridized carbons (Fsp3) is 0.588. The van der Waals surface area contributed by atoms with Crippen LogP contribution < -0.4 is 0 Å². The first-order valence-electron chi connectivity index (χ1n) is 8.34. The number of aliphatic hydroxyl groups is 1. The average molecular weight is 333 g/mol. The molecule has 6 heteroatoms. The van der Waals surface area contributed by atoms with Crippen LogP contribution in [0.2, 0.25) is 0 Å². The molecule has 5 nitrogen and oxygen atoms in total. The molecule has 1 aliphatic carbocycles. The Bertz CT molecular complexity index is 636. The zero-order valence-corrected chi connectivity index (χ0v) is 14.0. The van der Waals surface area contributed by atoms with Gasteiger partial charge in [0.1, 0.15) is 0 Å². The number of thiophene rings is 1. The maximum atomic E-state index is 10.2. The van der Waals surface area contributed by atoms with Crippen molar-refractivity contribution in [3.05, 3.63) is 40.1 Å². The molecule has 4 rings (SSSR count). The van der Waals surface area contributed by atoms with Crippen LogP contribution in [0.5, 0.6) is 0 Å². The molecule has 0 amide bonds. The second-order valence-electron chi connectivity index (χ2n) is 6.51. The molecule has 23 heavy (non-hydrogen) atoms. The minimum absolute atomic E-state index is 0.387. The number of hydrogen-bond donors (Lipinski definition) is 1. The highest BCUT2D eigenvalue weighted by Crippen LogP contribution is 2.37. The first-order valence-corrected chi connectivity index (χ1v) is 9.22. The third-order valence-corrected chi connectivity index (χ3v) is 5.41. The highest BCUT2D eigenvalue weighted by molar-refractivity contribution is 7.09. The number of fused-ring (bicyclic) bond motifs is 1. The standard InChI is InChI=1S/C17H23N3O2S/c21-14(10-22-11-15-2-1-7-23-15)8-19-6-5-17-16(9-19)18-12-20(17)13-3-4-13/h1-2,7,12-14,21H,3-6,8-11H2. The van der Waals surface area contributed by atoms with Crippen LogP contribution in [0.15, 0.2) is 23.8 Å². The normalized spacial score (nSPS) is 19.7. The predicted octanol–water partition coefficient (Wildman–Crippen LogP) is 2.22. The molecule has 2 aromatic heterocycles. The van der Waals surface area contributed by atoms with E-state index in [2.05, 4.69) is 20.5 Å². The lowest BCUT2D eigenvalue weighted by atomic mass is 10.1. The van der Waals surface area contributed by atoms with Gasteiger partial charge in [0.25, 0.3) is 0 Å². The van der Waals surface area contributed by atoms with Gasteiger partial charge in [-0.1, -0.05) is 6.07 Å². The van der Waals surface area contributed by atoms with E-state index < -0.39 is 6.10 Å². The number of aliphatic hydroxyl groups excluding tert-OH is 1. The smallest absolute Gasteiger partial charge is 0.0954 e. The van der Waals surface area contributed by atoms with Gasteiger partial charge in [-0.05, 0) is 24.3 Å². The van der Waals surface area contributed by atoms with E-state index in [-0.39, 0.29) is 0 Å². The Kier molecular flexibility index (Phi) is 4.48. The Balaban J connectivity index is 1.24. The Morgan fingerprint density at radius 1 is 1.43 bits per heavy atom. The van der Waals surface area contributed by atoms with E-state index in [0.29, 0.717) is 25.8 Å². The summed E-state index contributed by atoms with van der Waals surface area (Å²) in [7, 11) is 0. The molecule has 0 saturated heterocycles. The summed E-state index contributed by atoms with van der Waals surface area (Å²) >= 11 is 1.68. The quantitative estimate of drug-likeness (QED) is 0.844. The molecule has 0 spiro atoms. The van der Waals surface area contributed by atoms with Gasteiger partial charge in [0.2, 0.25) is 0 Å². The first-order chi connectivity index (χ1) is 11.3. The van der Waals surface area contributed by atoms with E-state index in [1.165, 1.54) is 29.1 Å². The second-order valence-corrected chi connectivity index (χ2v) is 7.54. The number of β-amino-alcohol motifs (C(OH)–C–C–N with tert-alkyl or cyclic N) is 1. The molecule has 0 bridgehead atoms. The SMILES string of the molecule is OC(COCc1cccs1)CN1CCc2c(ncn2C2CC2)C1. The van der Waals surface area contributed by atoms with Crippen molar-refractivity contribution in [3.8, 4) is 0 Å².